The molecule has 5 heteroatoms. The van der Waals surface area contributed by atoms with Crippen molar-refractivity contribution in [3.05, 3.63) is 59.2 Å². The van der Waals surface area contributed by atoms with E-state index in [-0.39, 0.29) is 17.8 Å². The van der Waals surface area contributed by atoms with Gasteiger partial charge < -0.3 is 14.7 Å². The molecule has 0 saturated carbocycles. The third kappa shape index (κ3) is 3.10. The highest BCUT2D eigenvalue weighted by Gasteiger charge is 2.24. The highest BCUT2D eigenvalue weighted by Crippen LogP contribution is 2.33. The first kappa shape index (κ1) is 16.8. The predicted molar refractivity (Wildman–Crippen MR) is 102 cm³/mol. The van der Waals surface area contributed by atoms with Crippen LogP contribution in [0.15, 0.2) is 47.5 Å². The van der Waals surface area contributed by atoms with Gasteiger partial charge in [0.25, 0.3) is 0 Å². The number of benzene rings is 2. The van der Waals surface area contributed by atoms with Crippen LogP contribution < -0.4 is 4.90 Å². The summed E-state index contributed by atoms with van der Waals surface area (Å²) in [6.45, 7) is 5.92. The highest BCUT2D eigenvalue weighted by atomic mass is 16.5. The lowest BCUT2D eigenvalue weighted by Gasteiger charge is -2.37. The Morgan fingerprint density at radius 2 is 1.88 bits per heavy atom. The third-order valence-corrected chi connectivity index (χ3v) is 4.92. The van der Waals surface area contributed by atoms with Crippen molar-refractivity contribution in [2.24, 2.45) is 4.99 Å². The lowest BCUT2D eigenvalue weighted by molar-refractivity contribution is -0.00522. The molecule has 2 aromatic rings. The van der Waals surface area contributed by atoms with Gasteiger partial charge in [-0.15, -0.1) is 0 Å². The summed E-state index contributed by atoms with van der Waals surface area (Å²) in [5, 5.41) is 9.38. The minimum Gasteiger partial charge on any atom is -0.478 e. The molecular weight excluding hydrogens is 328 g/mol. The number of hydrogen-bond donors (Lipinski definition) is 1. The molecule has 4 rings (SSSR count). The van der Waals surface area contributed by atoms with Crippen molar-refractivity contribution in [3.8, 4) is 0 Å². The molecule has 1 N–H and O–H groups in total. The molecule has 0 unspecified atom stereocenters. The number of aromatic carboxylic acids is 1. The maximum atomic E-state index is 11.4. The van der Waals surface area contributed by atoms with Crippen molar-refractivity contribution in [3.63, 3.8) is 0 Å². The summed E-state index contributed by atoms with van der Waals surface area (Å²) in [7, 11) is 0. The van der Waals surface area contributed by atoms with Crippen molar-refractivity contribution >= 4 is 23.1 Å². The summed E-state index contributed by atoms with van der Waals surface area (Å²) >= 11 is 0. The van der Waals surface area contributed by atoms with E-state index in [4.69, 9.17) is 4.74 Å². The summed E-state index contributed by atoms with van der Waals surface area (Å²) in [5.41, 5.74) is 4.95. The molecular formula is C21H22N2O3. The summed E-state index contributed by atoms with van der Waals surface area (Å²) in [5.74, 6) is -0.933. The van der Waals surface area contributed by atoms with Gasteiger partial charge in [-0.1, -0.05) is 24.3 Å². The molecule has 0 amide bonds. The Kier molecular flexibility index (Phi) is 4.24. The summed E-state index contributed by atoms with van der Waals surface area (Å²) in [4.78, 5) is 18.4. The Bertz CT molecular complexity index is 881. The maximum absolute atomic E-state index is 11.4. The smallest absolute Gasteiger partial charge is 0.337 e. The number of ether oxygens (including phenoxy) is 1. The number of fused-ring (bicyclic) bond motifs is 1. The molecule has 5 nitrogen and oxygen atoms in total. The van der Waals surface area contributed by atoms with Crippen LogP contribution in [0.5, 0.6) is 0 Å². The van der Waals surface area contributed by atoms with Gasteiger partial charge in [-0.3, -0.25) is 4.99 Å². The summed E-state index contributed by atoms with van der Waals surface area (Å²) < 4.78 is 5.82. The molecule has 1 saturated heterocycles. The van der Waals surface area contributed by atoms with Gasteiger partial charge in [0.1, 0.15) is 0 Å². The topological polar surface area (TPSA) is 62.1 Å². The SMILES string of the molecule is C[C@@H]1CN(c2cccc(C3=Nc4c(cccc4C(=O)O)C3)c2)C[C@H](C)O1. The van der Waals surface area contributed by atoms with E-state index in [2.05, 4.69) is 35.9 Å². The first-order valence-electron chi connectivity index (χ1n) is 8.95. The number of para-hydroxylation sites is 1. The minimum atomic E-state index is -0.933. The zero-order valence-electron chi connectivity index (χ0n) is 15.0. The van der Waals surface area contributed by atoms with Gasteiger partial charge in [0.15, 0.2) is 0 Å². The fourth-order valence-electron chi connectivity index (χ4n) is 3.83. The maximum Gasteiger partial charge on any atom is 0.337 e. The fourth-order valence-corrected chi connectivity index (χ4v) is 3.83. The van der Waals surface area contributed by atoms with Crippen LogP contribution in [-0.2, 0) is 11.2 Å². The largest absolute Gasteiger partial charge is 0.478 e. The zero-order chi connectivity index (χ0) is 18.3. The van der Waals surface area contributed by atoms with Crippen molar-refractivity contribution in [1.82, 2.24) is 0 Å². The Balaban J connectivity index is 1.65. The zero-order valence-corrected chi connectivity index (χ0v) is 15.0. The molecule has 2 aliphatic rings. The predicted octanol–water partition coefficient (Wildman–Crippen LogP) is 3.68. The van der Waals surface area contributed by atoms with Crippen molar-refractivity contribution < 1.29 is 14.6 Å². The van der Waals surface area contributed by atoms with E-state index in [1.165, 1.54) is 0 Å². The van der Waals surface area contributed by atoms with E-state index in [0.29, 0.717) is 12.1 Å². The number of carboxylic acids is 1. The van der Waals surface area contributed by atoms with Gasteiger partial charge >= 0.3 is 5.97 Å². The number of carbonyl (C=O) groups is 1. The van der Waals surface area contributed by atoms with E-state index in [1.54, 1.807) is 12.1 Å². The number of nitrogens with zero attached hydrogens (tertiary/aromatic N) is 2. The van der Waals surface area contributed by atoms with Crippen molar-refractivity contribution in [2.75, 3.05) is 18.0 Å². The van der Waals surface area contributed by atoms with Crippen LogP contribution in [0.25, 0.3) is 0 Å². The lowest BCUT2D eigenvalue weighted by atomic mass is 10.0. The van der Waals surface area contributed by atoms with Crippen molar-refractivity contribution in [1.29, 1.82) is 0 Å². The Morgan fingerprint density at radius 1 is 1.15 bits per heavy atom. The van der Waals surface area contributed by atoms with Crippen LogP contribution in [0.1, 0.15) is 35.3 Å². The van der Waals surface area contributed by atoms with Crippen LogP contribution in [0.4, 0.5) is 11.4 Å². The van der Waals surface area contributed by atoms with Gasteiger partial charge in [-0.25, -0.2) is 4.79 Å². The van der Waals surface area contributed by atoms with Gasteiger partial charge in [-0.2, -0.15) is 0 Å². The summed E-state index contributed by atoms with van der Waals surface area (Å²) in [6.07, 6.45) is 1.07. The highest BCUT2D eigenvalue weighted by molar-refractivity contribution is 6.09. The average Bonchev–Trinajstić information content (AvgIpc) is 3.05. The van der Waals surface area contributed by atoms with Crippen LogP contribution in [-0.4, -0.2) is 42.1 Å². The standard InChI is InChI=1S/C21H22N2O3/c1-13-11-23(12-14(2)26-13)17-7-3-5-15(9-17)19-10-16-6-4-8-18(21(24)25)20(16)22-19/h3-9,13-14H,10-12H2,1-2H3,(H,24,25)/t13-,14+. The average molecular weight is 350 g/mol. The molecule has 0 bridgehead atoms. The molecule has 0 spiro atoms. The molecule has 0 aromatic heterocycles. The quantitative estimate of drug-likeness (QED) is 0.917. The molecule has 26 heavy (non-hydrogen) atoms. The Hall–Kier alpha value is -2.66. The van der Waals surface area contributed by atoms with Crippen LogP contribution in [0.3, 0.4) is 0 Å². The number of aliphatic imine (C=N–C) groups is 1. The third-order valence-electron chi connectivity index (χ3n) is 4.92. The second-order valence-electron chi connectivity index (χ2n) is 7.07. The molecule has 134 valence electrons. The van der Waals surface area contributed by atoms with E-state index >= 15 is 0 Å². The molecule has 2 atom stereocenters. The van der Waals surface area contributed by atoms with E-state index in [9.17, 15) is 9.90 Å². The Morgan fingerprint density at radius 3 is 2.62 bits per heavy atom. The molecule has 1 fully saturated rings. The second-order valence-corrected chi connectivity index (χ2v) is 7.07. The van der Waals surface area contributed by atoms with Crippen molar-refractivity contribution in [2.45, 2.75) is 32.5 Å². The fraction of sp³-hybridized carbons (Fsp3) is 0.333. The first-order valence-corrected chi connectivity index (χ1v) is 8.95. The van der Waals surface area contributed by atoms with Crippen LogP contribution in [0, 0.1) is 0 Å². The number of anilines is 1. The van der Waals surface area contributed by atoms with Gasteiger partial charge in [0.2, 0.25) is 0 Å². The minimum absolute atomic E-state index is 0.202. The first-order chi connectivity index (χ1) is 12.5. The number of carboxylic acid groups (broad SMARTS) is 1. The van der Waals surface area contributed by atoms with E-state index in [1.807, 2.05) is 18.2 Å². The molecule has 2 aliphatic heterocycles. The Labute approximate surface area is 152 Å². The number of morpholine rings is 1. The summed E-state index contributed by atoms with van der Waals surface area (Å²) in [6, 6.07) is 13.7. The molecule has 0 radical (unpaired) electrons. The van der Waals surface area contributed by atoms with Gasteiger partial charge in [0.05, 0.1) is 29.2 Å². The van der Waals surface area contributed by atoms with Crippen LogP contribution >= 0.6 is 0 Å². The van der Waals surface area contributed by atoms with Gasteiger partial charge in [0, 0.05) is 25.2 Å². The second kappa shape index (κ2) is 6.57. The van der Waals surface area contributed by atoms with E-state index < -0.39 is 5.97 Å². The van der Waals surface area contributed by atoms with Crippen LogP contribution in [0.2, 0.25) is 0 Å². The van der Waals surface area contributed by atoms with E-state index in [0.717, 1.165) is 35.6 Å². The normalized spacial score (nSPS) is 22.1. The number of rotatable bonds is 3. The lowest BCUT2D eigenvalue weighted by Crippen LogP contribution is -2.45. The molecule has 0 aliphatic carbocycles. The molecule has 2 aromatic carbocycles. The van der Waals surface area contributed by atoms with Gasteiger partial charge in [-0.05, 0) is 43.2 Å². The number of hydrogen-bond acceptors (Lipinski definition) is 4. The monoisotopic (exact) mass is 350 g/mol. The molecule has 2 heterocycles.